The van der Waals surface area contributed by atoms with Crippen molar-refractivity contribution in [1.82, 2.24) is 4.98 Å². The van der Waals surface area contributed by atoms with Gasteiger partial charge in [-0.05, 0) is 24.6 Å². The van der Waals surface area contributed by atoms with Crippen molar-refractivity contribution < 1.29 is 40.3 Å². The highest BCUT2D eigenvalue weighted by molar-refractivity contribution is 5.97. The van der Waals surface area contributed by atoms with E-state index in [-0.39, 0.29) is 30.7 Å². The largest absolute Gasteiger partial charge is 0.488 e. The number of halogens is 7. The second-order valence-electron chi connectivity index (χ2n) is 6.58. The third-order valence-electron chi connectivity index (χ3n) is 4.44. The lowest BCUT2D eigenvalue weighted by Gasteiger charge is -2.23. The standard InChI is InChI=1S/C19H13F7N4O2/c20-12-3-1-4-13-16(12)32-6-2-5-30(13)15(31)9-28-17-10(8-27)11(18(21,22)23)7-14(29-17)19(24,25)26/h1,3-4,7H,2,5-6,9H2,(H,28,29). The fourth-order valence-corrected chi connectivity index (χ4v) is 3.04. The zero-order valence-corrected chi connectivity index (χ0v) is 15.9. The van der Waals surface area contributed by atoms with Crippen molar-refractivity contribution in [1.29, 1.82) is 5.26 Å². The molecule has 1 amide bonds. The summed E-state index contributed by atoms with van der Waals surface area (Å²) < 4.78 is 98.1. The minimum atomic E-state index is -5.27. The molecule has 1 N–H and O–H groups in total. The predicted octanol–water partition coefficient (Wildman–Crippen LogP) is 4.36. The average Bonchev–Trinajstić information content (AvgIpc) is 2.93. The molecule has 0 atom stereocenters. The molecule has 0 saturated carbocycles. The third-order valence-corrected chi connectivity index (χ3v) is 4.44. The SMILES string of the molecule is N#Cc1c(C(F)(F)F)cc(C(F)(F)F)nc1NCC(=O)N1CCCOc2c(F)cccc21. The van der Waals surface area contributed by atoms with Gasteiger partial charge in [-0.25, -0.2) is 9.37 Å². The Morgan fingerprint density at radius 2 is 1.94 bits per heavy atom. The van der Waals surface area contributed by atoms with Crippen LogP contribution in [0.15, 0.2) is 24.3 Å². The number of nitriles is 1. The van der Waals surface area contributed by atoms with Gasteiger partial charge in [-0.1, -0.05) is 6.07 Å². The summed E-state index contributed by atoms with van der Waals surface area (Å²) in [6.07, 6.45) is -10.2. The van der Waals surface area contributed by atoms with Crippen molar-refractivity contribution in [2.45, 2.75) is 18.8 Å². The summed E-state index contributed by atoms with van der Waals surface area (Å²) in [7, 11) is 0. The minimum Gasteiger partial charge on any atom is -0.488 e. The minimum absolute atomic E-state index is 0.0581. The van der Waals surface area contributed by atoms with Crippen LogP contribution in [0.25, 0.3) is 0 Å². The maximum Gasteiger partial charge on any atom is 0.433 e. The van der Waals surface area contributed by atoms with Gasteiger partial charge < -0.3 is 15.0 Å². The number of alkyl halides is 6. The molecule has 0 unspecified atom stereocenters. The zero-order chi connectivity index (χ0) is 23.7. The smallest absolute Gasteiger partial charge is 0.433 e. The van der Waals surface area contributed by atoms with Crippen molar-refractivity contribution in [3.63, 3.8) is 0 Å². The lowest BCUT2D eigenvalue weighted by atomic mass is 10.1. The average molecular weight is 462 g/mol. The molecule has 0 spiro atoms. The number of nitrogens with zero attached hydrogens (tertiary/aromatic N) is 3. The number of carbonyl (C=O) groups excluding carboxylic acids is 1. The number of para-hydroxylation sites is 1. The molecule has 0 saturated heterocycles. The Morgan fingerprint density at radius 1 is 1.22 bits per heavy atom. The Hall–Kier alpha value is -3.56. The lowest BCUT2D eigenvalue weighted by Crippen LogP contribution is -2.36. The van der Waals surface area contributed by atoms with Gasteiger partial charge in [0.25, 0.3) is 0 Å². The predicted molar refractivity (Wildman–Crippen MR) is 96.3 cm³/mol. The van der Waals surface area contributed by atoms with E-state index in [0.717, 1.165) is 11.0 Å². The maximum atomic E-state index is 14.0. The molecule has 1 aromatic carbocycles. The number of amides is 1. The third kappa shape index (κ3) is 4.68. The van der Waals surface area contributed by atoms with Crippen LogP contribution in [0, 0.1) is 17.1 Å². The van der Waals surface area contributed by atoms with E-state index < -0.39 is 53.3 Å². The van der Waals surface area contributed by atoms with Gasteiger partial charge in [0.2, 0.25) is 5.91 Å². The number of fused-ring (bicyclic) bond motifs is 1. The summed E-state index contributed by atoms with van der Waals surface area (Å²) in [5, 5.41) is 11.2. The number of carbonyl (C=O) groups is 1. The monoisotopic (exact) mass is 462 g/mol. The number of ether oxygens (including phenoxy) is 1. The molecule has 0 bridgehead atoms. The number of anilines is 2. The van der Waals surface area contributed by atoms with Crippen molar-refractivity contribution in [3.05, 3.63) is 46.9 Å². The van der Waals surface area contributed by atoms with Crippen LogP contribution in [0.1, 0.15) is 23.2 Å². The number of rotatable bonds is 3. The number of hydrogen-bond donors (Lipinski definition) is 1. The highest BCUT2D eigenvalue weighted by Crippen LogP contribution is 2.39. The van der Waals surface area contributed by atoms with E-state index in [1.807, 2.05) is 0 Å². The summed E-state index contributed by atoms with van der Waals surface area (Å²) in [5.41, 5.74) is -4.85. The van der Waals surface area contributed by atoms with Gasteiger partial charge in [0.05, 0.1) is 24.4 Å². The van der Waals surface area contributed by atoms with E-state index in [4.69, 9.17) is 10.00 Å². The maximum absolute atomic E-state index is 14.0. The van der Waals surface area contributed by atoms with E-state index in [1.165, 1.54) is 18.2 Å². The highest BCUT2D eigenvalue weighted by Gasteiger charge is 2.41. The molecule has 0 aliphatic carbocycles. The van der Waals surface area contributed by atoms with Crippen molar-refractivity contribution >= 4 is 17.4 Å². The van der Waals surface area contributed by atoms with E-state index in [9.17, 15) is 35.5 Å². The van der Waals surface area contributed by atoms with Gasteiger partial charge >= 0.3 is 12.4 Å². The molecule has 0 fully saturated rings. The van der Waals surface area contributed by atoms with Gasteiger partial charge in [-0.15, -0.1) is 0 Å². The Balaban J connectivity index is 1.94. The van der Waals surface area contributed by atoms with Crippen LogP contribution in [0.4, 0.5) is 42.2 Å². The van der Waals surface area contributed by atoms with Crippen molar-refractivity contribution in [2.75, 3.05) is 29.9 Å². The molecule has 2 heterocycles. The second-order valence-corrected chi connectivity index (χ2v) is 6.58. The van der Waals surface area contributed by atoms with Gasteiger partial charge in [-0.2, -0.15) is 31.6 Å². The van der Waals surface area contributed by atoms with E-state index >= 15 is 0 Å². The zero-order valence-electron chi connectivity index (χ0n) is 15.9. The molecular formula is C19H13F7N4O2. The molecular weight excluding hydrogens is 449 g/mol. The quantitative estimate of drug-likeness (QED) is 0.686. The fourth-order valence-electron chi connectivity index (χ4n) is 3.04. The first-order valence-electron chi connectivity index (χ1n) is 8.98. The number of aromatic nitrogens is 1. The number of pyridine rings is 1. The number of benzene rings is 1. The van der Waals surface area contributed by atoms with Crippen LogP contribution in [0.5, 0.6) is 5.75 Å². The fraction of sp³-hybridized carbons (Fsp3) is 0.316. The van der Waals surface area contributed by atoms with Gasteiger partial charge in [0, 0.05) is 6.54 Å². The summed E-state index contributed by atoms with van der Waals surface area (Å²) in [6, 6.07) is 4.71. The topological polar surface area (TPSA) is 78.2 Å². The number of hydrogen-bond acceptors (Lipinski definition) is 5. The van der Waals surface area contributed by atoms with Crippen LogP contribution in [0.3, 0.4) is 0 Å². The molecule has 1 aliphatic heterocycles. The second kappa shape index (κ2) is 8.52. The summed E-state index contributed by atoms with van der Waals surface area (Å²) in [6.45, 7) is -0.657. The van der Waals surface area contributed by atoms with Crippen LogP contribution in [-0.4, -0.2) is 30.6 Å². The molecule has 170 valence electrons. The Bertz CT molecular complexity index is 1080. The molecule has 32 heavy (non-hydrogen) atoms. The summed E-state index contributed by atoms with van der Waals surface area (Å²) in [5.74, 6) is -2.79. The first-order valence-corrected chi connectivity index (χ1v) is 8.98. The molecule has 3 rings (SSSR count). The van der Waals surface area contributed by atoms with Crippen LogP contribution in [-0.2, 0) is 17.1 Å². The highest BCUT2D eigenvalue weighted by atomic mass is 19.4. The molecule has 0 radical (unpaired) electrons. The van der Waals surface area contributed by atoms with Crippen LogP contribution >= 0.6 is 0 Å². The molecule has 1 aliphatic rings. The normalized spacial score (nSPS) is 14.1. The van der Waals surface area contributed by atoms with Crippen LogP contribution in [0.2, 0.25) is 0 Å². The van der Waals surface area contributed by atoms with Crippen molar-refractivity contribution in [3.8, 4) is 11.8 Å². The van der Waals surface area contributed by atoms with Crippen molar-refractivity contribution in [2.24, 2.45) is 0 Å². The molecule has 6 nitrogen and oxygen atoms in total. The summed E-state index contributed by atoms with van der Waals surface area (Å²) >= 11 is 0. The first-order chi connectivity index (χ1) is 14.9. The van der Waals surface area contributed by atoms with E-state index in [1.54, 1.807) is 0 Å². The van der Waals surface area contributed by atoms with Gasteiger partial charge in [0.15, 0.2) is 11.6 Å². The Kier molecular flexibility index (Phi) is 6.16. The van der Waals surface area contributed by atoms with E-state index in [2.05, 4.69) is 10.3 Å². The van der Waals surface area contributed by atoms with Gasteiger partial charge in [-0.3, -0.25) is 4.79 Å². The number of nitrogens with one attached hydrogen (secondary N) is 1. The van der Waals surface area contributed by atoms with Crippen LogP contribution < -0.4 is 15.0 Å². The molecule has 2 aromatic rings. The molecule has 1 aromatic heterocycles. The lowest BCUT2D eigenvalue weighted by molar-refractivity contribution is -0.145. The first kappa shape index (κ1) is 23.1. The van der Waals surface area contributed by atoms with E-state index in [0.29, 0.717) is 6.42 Å². The van der Waals surface area contributed by atoms with Gasteiger partial charge in [0.1, 0.15) is 23.1 Å². The summed E-state index contributed by atoms with van der Waals surface area (Å²) in [4.78, 5) is 16.8. The Labute approximate surface area is 176 Å². The molecule has 13 heteroatoms. The Morgan fingerprint density at radius 3 is 2.56 bits per heavy atom.